The predicted octanol–water partition coefficient (Wildman–Crippen LogP) is 1.65. The second-order valence-corrected chi connectivity index (χ2v) is 5.16. The van der Waals surface area contributed by atoms with Gasteiger partial charge in [-0.25, -0.2) is 4.79 Å². The van der Waals surface area contributed by atoms with Crippen molar-refractivity contribution in [1.82, 2.24) is 0 Å². The molecule has 2 N–H and O–H groups in total. The van der Waals surface area contributed by atoms with Gasteiger partial charge in [0.25, 0.3) is 5.91 Å². The van der Waals surface area contributed by atoms with Gasteiger partial charge in [-0.15, -0.1) is 11.3 Å². The lowest BCUT2D eigenvalue weighted by Gasteiger charge is -2.09. The third-order valence-corrected chi connectivity index (χ3v) is 3.57. The zero-order valence-corrected chi connectivity index (χ0v) is 12.3. The van der Waals surface area contributed by atoms with Gasteiger partial charge in [0, 0.05) is 0 Å². The van der Waals surface area contributed by atoms with Crippen LogP contribution in [-0.2, 0) is 9.53 Å². The van der Waals surface area contributed by atoms with E-state index >= 15 is 0 Å². The molecule has 1 amide bonds. The molecule has 6 nitrogen and oxygen atoms in total. The standard InChI is InChI=1S/C15H13NO5S/c16-15(19)10-4-1-2-5-12(10)20-9-14(18)21-8-11(17)13-6-3-7-22-13/h1-7H,8-9H2,(H2,16,19). The third kappa shape index (κ3) is 4.16. The molecule has 0 aliphatic carbocycles. The number of thiophene rings is 1. The van der Waals surface area contributed by atoms with Gasteiger partial charge in [-0.1, -0.05) is 18.2 Å². The smallest absolute Gasteiger partial charge is 0.344 e. The molecule has 0 atom stereocenters. The van der Waals surface area contributed by atoms with Gasteiger partial charge in [0.2, 0.25) is 5.78 Å². The van der Waals surface area contributed by atoms with Crippen LogP contribution in [0.15, 0.2) is 41.8 Å². The minimum Gasteiger partial charge on any atom is -0.481 e. The van der Waals surface area contributed by atoms with Crippen LogP contribution in [0.2, 0.25) is 0 Å². The molecule has 0 unspecified atom stereocenters. The Morgan fingerprint density at radius 1 is 1.05 bits per heavy atom. The molecule has 0 saturated carbocycles. The number of amides is 1. The number of primary amides is 1. The summed E-state index contributed by atoms with van der Waals surface area (Å²) in [6.07, 6.45) is 0. The molecular formula is C15H13NO5S. The normalized spacial score (nSPS) is 10.0. The van der Waals surface area contributed by atoms with E-state index in [1.165, 1.54) is 23.5 Å². The monoisotopic (exact) mass is 319 g/mol. The summed E-state index contributed by atoms with van der Waals surface area (Å²) in [5, 5.41) is 1.76. The van der Waals surface area contributed by atoms with Crippen LogP contribution in [0.25, 0.3) is 0 Å². The third-order valence-electron chi connectivity index (χ3n) is 2.66. The SMILES string of the molecule is NC(=O)c1ccccc1OCC(=O)OCC(=O)c1cccs1. The topological polar surface area (TPSA) is 95.7 Å². The fourth-order valence-corrected chi connectivity index (χ4v) is 2.28. The van der Waals surface area contributed by atoms with Crippen molar-refractivity contribution < 1.29 is 23.9 Å². The molecule has 0 bridgehead atoms. The van der Waals surface area contributed by atoms with E-state index < -0.39 is 18.5 Å². The first-order valence-corrected chi connectivity index (χ1v) is 7.20. The predicted molar refractivity (Wildman–Crippen MR) is 80.1 cm³/mol. The fourth-order valence-electron chi connectivity index (χ4n) is 1.63. The first kappa shape index (κ1) is 15.7. The second kappa shape index (κ2) is 7.37. The number of Topliss-reactive ketones (excluding diaryl/α,β-unsaturated/α-hetero) is 1. The van der Waals surface area contributed by atoms with Crippen LogP contribution >= 0.6 is 11.3 Å². The average Bonchev–Trinajstić information content (AvgIpc) is 3.05. The molecule has 0 radical (unpaired) electrons. The van der Waals surface area contributed by atoms with Crippen molar-refractivity contribution in [2.24, 2.45) is 5.73 Å². The Labute approximate surface area is 130 Å². The minimum atomic E-state index is -0.704. The van der Waals surface area contributed by atoms with Crippen molar-refractivity contribution in [3.63, 3.8) is 0 Å². The number of ketones is 1. The molecule has 0 spiro atoms. The van der Waals surface area contributed by atoms with E-state index in [1.54, 1.807) is 29.6 Å². The van der Waals surface area contributed by atoms with Gasteiger partial charge in [-0.2, -0.15) is 0 Å². The van der Waals surface area contributed by atoms with E-state index in [0.717, 1.165) is 0 Å². The van der Waals surface area contributed by atoms with E-state index in [-0.39, 0.29) is 23.7 Å². The number of carbonyl (C=O) groups is 3. The number of nitrogens with two attached hydrogens (primary N) is 1. The minimum absolute atomic E-state index is 0.171. The van der Waals surface area contributed by atoms with Gasteiger partial charge in [-0.05, 0) is 23.6 Å². The van der Waals surface area contributed by atoms with Crippen molar-refractivity contribution in [2.45, 2.75) is 0 Å². The van der Waals surface area contributed by atoms with Crippen molar-refractivity contribution in [3.8, 4) is 5.75 Å². The lowest BCUT2D eigenvalue weighted by Crippen LogP contribution is -2.20. The summed E-state index contributed by atoms with van der Waals surface area (Å²) < 4.78 is 10.0. The lowest BCUT2D eigenvalue weighted by molar-refractivity contribution is -0.144. The molecule has 0 saturated heterocycles. The molecule has 2 rings (SSSR count). The Hall–Kier alpha value is -2.67. The van der Waals surface area contributed by atoms with Crippen molar-refractivity contribution in [1.29, 1.82) is 0 Å². The number of ether oxygens (including phenoxy) is 2. The summed E-state index contributed by atoms with van der Waals surface area (Å²) >= 11 is 1.27. The maximum atomic E-state index is 11.7. The van der Waals surface area contributed by atoms with E-state index in [0.29, 0.717) is 4.88 Å². The summed E-state index contributed by atoms with van der Waals surface area (Å²) in [6.45, 7) is -0.762. The van der Waals surface area contributed by atoms with Gasteiger partial charge in [0.15, 0.2) is 13.2 Å². The van der Waals surface area contributed by atoms with Crippen LogP contribution in [0.5, 0.6) is 5.75 Å². The summed E-state index contributed by atoms with van der Waals surface area (Å²) in [5.74, 6) is -1.45. The number of hydrogen-bond donors (Lipinski definition) is 1. The fraction of sp³-hybridized carbons (Fsp3) is 0.133. The van der Waals surface area contributed by atoms with Crippen LogP contribution < -0.4 is 10.5 Å². The Morgan fingerprint density at radius 3 is 2.50 bits per heavy atom. The highest BCUT2D eigenvalue weighted by Gasteiger charge is 2.13. The van der Waals surface area contributed by atoms with E-state index in [9.17, 15) is 14.4 Å². The van der Waals surface area contributed by atoms with Crippen molar-refractivity contribution in [3.05, 3.63) is 52.2 Å². The lowest BCUT2D eigenvalue weighted by atomic mass is 10.2. The first-order valence-electron chi connectivity index (χ1n) is 6.32. The summed E-state index contributed by atoms with van der Waals surface area (Å²) in [4.78, 5) is 34.9. The number of rotatable bonds is 7. The molecule has 1 aromatic heterocycles. The van der Waals surface area contributed by atoms with Crippen molar-refractivity contribution in [2.75, 3.05) is 13.2 Å². The first-order chi connectivity index (χ1) is 10.6. The molecule has 7 heteroatoms. The number of benzene rings is 1. The number of carbonyl (C=O) groups excluding carboxylic acids is 3. The molecule has 0 aliphatic heterocycles. The maximum absolute atomic E-state index is 11.7. The zero-order chi connectivity index (χ0) is 15.9. The molecule has 22 heavy (non-hydrogen) atoms. The van der Waals surface area contributed by atoms with E-state index in [4.69, 9.17) is 15.2 Å². The molecular weight excluding hydrogens is 306 g/mol. The van der Waals surface area contributed by atoms with Crippen LogP contribution in [0.4, 0.5) is 0 Å². The van der Waals surface area contributed by atoms with Crippen LogP contribution in [0.1, 0.15) is 20.0 Å². The number of hydrogen-bond acceptors (Lipinski definition) is 6. The number of esters is 1. The highest BCUT2D eigenvalue weighted by atomic mass is 32.1. The van der Waals surface area contributed by atoms with Gasteiger partial charge >= 0.3 is 5.97 Å². The Balaban J connectivity index is 1.83. The average molecular weight is 319 g/mol. The van der Waals surface area contributed by atoms with Gasteiger partial charge in [-0.3, -0.25) is 9.59 Å². The van der Waals surface area contributed by atoms with Gasteiger partial charge in [0.1, 0.15) is 5.75 Å². The van der Waals surface area contributed by atoms with E-state index in [1.807, 2.05) is 0 Å². The van der Waals surface area contributed by atoms with Crippen molar-refractivity contribution >= 4 is 29.0 Å². The maximum Gasteiger partial charge on any atom is 0.344 e. The molecule has 114 valence electrons. The Kier molecular flexibility index (Phi) is 5.26. The molecule has 0 fully saturated rings. The molecule has 1 aromatic carbocycles. The Morgan fingerprint density at radius 2 is 1.82 bits per heavy atom. The quantitative estimate of drug-likeness (QED) is 0.618. The van der Waals surface area contributed by atoms with Gasteiger partial charge in [0.05, 0.1) is 10.4 Å². The molecule has 2 aromatic rings. The largest absolute Gasteiger partial charge is 0.481 e. The van der Waals surface area contributed by atoms with Gasteiger partial charge < -0.3 is 15.2 Å². The molecule has 1 heterocycles. The zero-order valence-electron chi connectivity index (χ0n) is 11.5. The van der Waals surface area contributed by atoms with E-state index in [2.05, 4.69) is 0 Å². The highest BCUT2D eigenvalue weighted by molar-refractivity contribution is 7.12. The van der Waals surface area contributed by atoms with Crippen LogP contribution in [0, 0.1) is 0 Å². The molecule has 0 aliphatic rings. The second-order valence-electron chi connectivity index (χ2n) is 4.21. The highest BCUT2D eigenvalue weighted by Crippen LogP contribution is 2.17. The Bertz CT molecular complexity index is 681. The summed E-state index contributed by atoms with van der Waals surface area (Å²) in [5.41, 5.74) is 5.37. The summed E-state index contributed by atoms with van der Waals surface area (Å²) in [6, 6.07) is 9.68. The summed E-state index contributed by atoms with van der Waals surface area (Å²) in [7, 11) is 0. The van der Waals surface area contributed by atoms with Crippen LogP contribution in [-0.4, -0.2) is 30.9 Å². The number of para-hydroxylation sites is 1. The van der Waals surface area contributed by atoms with Crippen LogP contribution in [0.3, 0.4) is 0 Å².